The molecule has 0 bridgehead atoms. The van der Waals surface area contributed by atoms with Crippen molar-refractivity contribution in [3.8, 4) is 5.69 Å². The molecule has 3 rings (SSSR count). The molecule has 1 aromatic carbocycles. The highest BCUT2D eigenvalue weighted by molar-refractivity contribution is 6.04. The van der Waals surface area contributed by atoms with Crippen LogP contribution >= 0.6 is 0 Å². The first-order valence-corrected chi connectivity index (χ1v) is 7.39. The summed E-state index contributed by atoms with van der Waals surface area (Å²) < 4.78 is 3.46. The normalized spacial score (nSPS) is 10.7. The summed E-state index contributed by atoms with van der Waals surface area (Å²) in [5.41, 5.74) is 3.38. The number of nitrogens with zero attached hydrogens (tertiary/aromatic N) is 5. The van der Waals surface area contributed by atoms with Gasteiger partial charge in [-0.1, -0.05) is 13.0 Å². The van der Waals surface area contributed by atoms with Crippen molar-refractivity contribution in [1.82, 2.24) is 24.5 Å². The monoisotopic (exact) mass is 310 g/mol. The van der Waals surface area contributed by atoms with E-state index in [1.54, 1.807) is 34.0 Å². The Labute approximate surface area is 134 Å². The van der Waals surface area contributed by atoms with Crippen LogP contribution in [0.1, 0.15) is 28.5 Å². The molecule has 3 aromatic rings. The van der Waals surface area contributed by atoms with Gasteiger partial charge in [-0.2, -0.15) is 5.10 Å². The van der Waals surface area contributed by atoms with Crippen LogP contribution in [0.15, 0.2) is 36.9 Å². The van der Waals surface area contributed by atoms with E-state index >= 15 is 0 Å². The molecule has 7 heteroatoms. The Bertz CT molecular complexity index is 834. The Hall–Kier alpha value is -2.96. The molecule has 2 heterocycles. The number of hydrogen-bond acceptors (Lipinski definition) is 4. The second-order valence-corrected chi connectivity index (χ2v) is 5.27. The van der Waals surface area contributed by atoms with Crippen LogP contribution in [0.2, 0.25) is 0 Å². The lowest BCUT2D eigenvalue weighted by Gasteiger charge is -2.08. The fourth-order valence-corrected chi connectivity index (χ4v) is 2.52. The van der Waals surface area contributed by atoms with Crippen molar-refractivity contribution in [2.45, 2.75) is 20.3 Å². The Balaban J connectivity index is 1.87. The first-order chi connectivity index (χ1) is 11.1. The van der Waals surface area contributed by atoms with Crippen molar-refractivity contribution < 1.29 is 4.79 Å². The Morgan fingerprint density at radius 2 is 2.00 bits per heavy atom. The molecule has 0 aliphatic heterocycles. The van der Waals surface area contributed by atoms with Gasteiger partial charge in [0.2, 0.25) is 0 Å². The molecule has 0 saturated heterocycles. The molecule has 23 heavy (non-hydrogen) atoms. The van der Waals surface area contributed by atoms with Gasteiger partial charge in [-0.25, -0.2) is 0 Å². The van der Waals surface area contributed by atoms with Gasteiger partial charge in [-0.05, 0) is 31.5 Å². The number of hydrogen-bond donors (Lipinski definition) is 1. The second kappa shape index (κ2) is 6.04. The van der Waals surface area contributed by atoms with Crippen LogP contribution in [0.5, 0.6) is 0 Å². The maximum Gasteiger partial charge on any atom is 0.256 e. The van der Waals surface area contributed by atoms with Gasteiger partial charge in [0.1, 0.15) is 18.5 Å². The third kappa shape index (κ3) is 2.85. The highest BCUT2D eigenvalue weighted by Gasteiger charge is 2.15. The highest BCUT2D eigenvalue weighted by atomic mass is 16.1. The van der Waals surface area contributed by atoms with Gasteiger partial charge < -0.3 is 5.32 Å². The predicted molar refractivity (Wildman–Crippen MR) is 86.6 cm³/mol. The largest absolute Gasteiger partial charge is 0.307 e. The van der Waals surface area contributed by atoms with Gasteiger partial charge in [-0.3, -0.25) is 14.0 Å². The minimum absolute atomic E-state index is 0.173. The zero-order valence-electron chi connectivity index (χ0n) is 13.3. The SMILES string of the molecule is CCc1nn(C)c(NC(=O)c2cccc(-n3cnnc3)c2)c1C. The summed E-state index contributed by atoms with van der Waals surface area (Å²) in [6.45, 7) is 4.01. The number of aryl methyl sites for hydroxylation is 2. The van der Waals surface area contributed by atoms with Crippen LogP contribution in [-0.2, 0) is 13.5 Å². The first kappa shape index (κ1) is 15.0. The van der Waals surface area contributed by atoms with Crippen LogP contribution < -0.4 is 5.32 Å². The molecule has 0 unspecified atom stereocenters. The summed E-state index contributed by atoms with van der Waals surface area (Å²) in [6.07, 6.45) is 4.02. The summed E-state index contributed by atoms with van der Waals surface area (Å²) in [6, 6.07) is 7.29. The van der Waals surface area contributed by atoms with Crippen molar-refractivity contribution in [3.05, 3.63) is 53.7 Å². The van der Waals surface area contributed by atoms with Crippen molar-refractivity contribution in [2.75, 3.05) is 5.32 Å². The summed E-state index contributed by atoms with van der Waals surface area (Å²) in [7, 11) is 1.83. The standard InChI is InChI=1S/C16H18N6O/c1-4-14-11(2)15(21(3)20-14)19-16(23)12-6-5-7-13(8-12)22-9-17-18-10-22/h5-10H,4H2,1-3H3,(H,19,23). The average molecular weight is 310 g/mol. The lowest BCUT2D eigenvalue weighted by atomic mass is 10.1. The first-order valence-electron chi connectivity index (χ1n) is 7.39. The molecular weight excluding hydrogens is 292 g/mol. The van der Waals surface area contributed by atoms with Gasteiger partial charge in [0.05, 0.1) is 5.69 Å². The van der Waals surface area contributed by atoms with E-state index in [4.69, 9.17) is 0 Å². The van der Waals surface area contributed by atoms with Gasteiger partial charge in [0.15, 0.2) is 0 Å². The molecule has 0 aliphatic carbocycles. The number of anilines is 1. The van der Waals surface area contributed by atoms with E-state index < -0.39 is 0 Å². The van der Waals surface area contributed by atoms with E-state index in [1.165, 1.54) is 0 Å². The Morgan fingerprint density at radius 3 is 2.65 bits per heavy atom. The summed E-state index contributed by atoms with van der Waals surface area (Å²) in [5.74, 6) is 0.551. The molecule has 1 amide bonds. The van der Waals surface area contributed by atoms with Crippen molar-refractivity contribution in [2.24, 2.45) is 7.05 Å². The highest BCUT2D eigenvalue weighted by Crippen LogP contribution is 2.19. The van der Waals surface area contributed by atoms with Gasteiger partial charge in [0, 0.05) is 23.9 Å². The fraction of sp³-hybridized carbons (Fsp3) is 0.250. The fourth-order valence-electron chi connectivity index (χ4n) is 2.52. The Morgan fingerprint density at radius 1 is 1.26 bits per heavy atom. The predicted octanol–water partition coefficient (Wildman–Crippen LogP) is 2.12. The molecular formula is C16H18N6O. The topological polar surface area (TPSA) is 77.6 Å². The maximum atomic E-state index is 12.5. The van der Waals surface area contributed by atoms with E-state index in [1.807, 2.05) is 33.0 Å². The summed E-state index contributed by atoms with van der Waals surface area (Å²) in [4.78, 5) is 12.5. The molecule has 1 N–H and O–H groups in total. The third-order valence-corrected chi connectivity index (χ3v) is 3.77. The molecule has 2 aromatic heterocycles. The molecule has 0 fully saturated rings. The minimum Gasteiger partial charge on any atom is -0.307 e. The number of amides is 1. The van der Waals surface area contributed by atoms with Gasteiger partial charge in [-0.15, -0.1) is 10.2 Å². The third-order valence-electron chi connectivity index (χ3n) is 3.77. The number of nitrogens with one attached hydrogen (secondary N) is 1. The second-order valence-electron chi connectivity index (χ2n) is 5.27. The van der Waals surface area contributed by atoms with E-state index in [2.05, 4.69) is 20.6 Å². The van der Waals surface area contributed by atoms with Crippen molar-refractivity contribution >= 4 is 11.7 Å². The molecule has 7 nitrogen and oxygen atoms in total. The number of rotatable bonds is 4. The number of carbonyl (C=O) groups excluding carboxylic acids is 1. The van der Waals surface area contributed by atoms with Crippen LogP contribution in [-0.4, -0.2) is 30.5 Å². The lowest BCUT2D eigenvalue weighted by molar-refractivity contribution is 0.102. The zero-order chi connectivity index (χ0) is 16.4. The molecule has 0 aliphatic rings. The zero-order valence-corrected chi connectivity index (χ0v) is 13.3. The molecule has 0 spiro atoms. The molecule has 0 radical (unpaired) electrons. The number of carbonyl (C=O) groups is 1. The van der Waals surface area contributed by atoms with Gasteiger partial charge in [0.25, 0.3) is 5.91 Å². The van der Waals surface area contributed by atoms with E-state index in [0.29, 0.717) is 5.56 Å². The number of aromatic nitrogens is 5. The molecule has 0 saturated carbocycles. The van der Waals surface area contributed by atoms with Crippen LogP contribution in [0, 0.1) is 6.92 Å². The van der Waals surface area contributed by atoms with Crippen LogP contribution in [0.25, 0.3) is 5.69 Å². The van der Waals surface area contributed by atoms with E-state index in [0.717, 1.165) is 29.2 Å². The van der Waals surface area contributed by atoms with E-state index in [9.17, 15) is 4.79 Å². The van der Waals surface area contributed by atoms with Gasteiger partial charge >= 0.3 is 0 Å². The van der Waals surface area contributed by atoms with Crippen molar-refractivity contribution in [1.29, 1.82) is 0 Å². The van der Waals surface area contributed by atoms with Crippen LogP contribution in [0.4, 0.5) is 5.82 Å². The maximum absolute atomic E-state index is 12.5. The lowest BCUT2D eigenvalue weighted by Crippen LogP contribution is -2.15. The minimum atomic E-state index is -0.173. The van der Waals surface area contributed by atoms with Crippen molar-refractivity contribution in [3.63, 3.8) is 0 Å². The van der Waals surface area contributed by atoms with E-state index in [-0.39, 0.29) is 5.91 Å². The van der Waals surface area contributed by atoms with Crippen LogP contribution in [0.3, 0.4) is 0 Å². The summed E-state index contributed by atoms with van der Waals surface area (Å²) >= 11 is 0. The quantitative estimate of drug-likeness (QED) is 0.800. The Kier molecular flexibility index (Phi) is 3.92. The molecule has 0 atom stereocenters. The number of benzene rings is 1. The average Bonchev–Trinajstić information content (AvgIpc) is 3.19. The summed E-state index contributed by atoms with van der Waals surface area (Å²) in [5, 5.41) is 14.9. The molecule has 118 valence electrons. The smallest absolute Gasteiger partial charge is 0.256 e.